The van der Waals surface area contributed by atoms with Crippen molar-refractivity contribution in [2.24, 2.45) is 0 Å². The van der Waals surface area contributed by atoms with E-state index in [-0.39, 0.29) is 23.9 Å². The first-order valence-corrected chi connectivity index (χ1v) is 11.3. The summed E-state index contributed by atoms with van der Waals surface area (Å²) in [5.41, 5.74) is 10.7. The number of hydrogen-bond donors (Lipinski definition) is 4. The quantitative estimate of drug-likeness (QED) is 0.422. The van der Waals surface area contributed by atoms with Crippen LogP contribution in [0.3, 0.4) is 0 Å². The van der Waals surface area contributed by atoms with Crippen LogP contribution in [0.25, 0.3) is 0 Å². The number of nitrogens with zero attached hydrogens (tertiary/aromatic N) is 3. The average Bonchev–Trinajstić information content (AvgIpc) is 3.22. The lowest BCUT2D eigenvalue weighted by molar-refractivity contribution is -0.124. The number of nitrogens with two attached hydrogens (primary N) is 1. The van der Waals surface area contributed by atoms with Crippen LogP contribution in [0.1, 0.15) is 52.1 Å². The number of carbonyl (C=O) groups is 1. The van der Waals surface area contributed by atoms with Gasteiger partial charge in [-0.2, -0.15) is 0 Å². The van der Waals surface area contributed by atoms with Gasteiger partial charge in [0.2, 0.25) is 5.91 Å². The molecular weight excluding hydrogens is 432 g/mol. The monoisotopic (exact) mass is 462 g/mol. The summed E-state index contributed by atoms with van der Waals surface area (Å²) < 4.78 is 1.51. The number of fused-ring (bicyclic) bond motifs is 1. The van der Waals surface area contributed by atoms with E-state index in [0.29, 0.717) is 30.9 Å². The molecule has 0 saturated heterocycles. The van der Waals surface area contributed by atoms with Gasteiger partial charge in [-0.3, -0.25) is 14.2 Å². The molecule has 1 aliphatic heterocycles. The summed E-state index contributed by atoms with van der Waals surface area (Å²) in [5, 5.41) is 16.0. The van der Waals surface area contributed by atoms with Crippen molar-refractivity contribution in [2.75, 3.05) is 17.7 Å². The second kappa shape index (κ2) is 9.64. The van der Waals surface area contributed by atoms with E-state index in [1.165, 1.54) is 4.57 Å². The van der Waals surface area contributed by atoms with Crippen molar-refractivity contribution in [3.05, 3.63) is 80.5 Å². The van der Waals surface area contributed by atoms with E-state index in [1.54, 1.807) is 12.3 Å². The molecule has 2 aromatic heterocycles. The molecule has 4 rings (SSSR count). The zero-order valence-corrected chi connectivity index (χ0v) is 19.6. The van der Waals surface area contributed by atoms with Gasteiger partial charge >= 0.3 is 0 Å². The van der Waals surface area contributed by atoms with Crippen molar-refractivity contribution in [3.8, 4) is 0 Å². The first kappa shape index (κ1) is 23.4. The molecule has 3 aromatic rings. The van der Waals surface area contributed by atoms with Gasteiger partial charge in [0, 0.05) is 24.1 Å². The Hall–Kier alpha value is -3.72. The van der Waals surface area contributed by atoms with Crippen LogP contribution in [0, 0.1) is 20.8 Å². The van der Waals surface area contributed by atoms with Crippen molar-refractivity contribution >= 4 is 17.5 Å². The number of rotatable bonds is 7. The Morgan fingerprint density at radius 1 is 1.24 bits per heavy atom. The third-order valence-electron chi connectivity index (χ3n) is 6.17. The number of aliphatic hydroxyl groups excluding tert-OH is 1. The van der Waals surface area contributed by atoms with E-state index in [4.69, 9.17) is 5.73 Å². The molecule has 9 heteroatoms. The fourth-order valence-corrected chi connectivity index (χ4v) is 4.50. The number of aromatic nitrogens is 3. The van der Waals surface area contributed by atoms with Crippen molar-refractivity contribution in [2.45, 2.75) is 52.2 Å². The van der Waals surface area contributed by atoms with Crippen molar-refractivity contribution in [1.29, 1.82) is 0 Å². The van der Waals surface area contributed by atoms with Crippen LogP contribution in [-0.4, -0.2) is 32.2 Å². The van der Waals surface area contributed by atoms with Crippen LogP contribution >= 0.6 is 0 Å². The van der Waals surface area contributed by atoms with Gasteiger partial charge in [-0.15, -0.1) is 0 Å². The number of hydrogen-bond acceptors (Lipinski definition) is 7. The van der Waals surface area contributed by atoms with E-state index < -0.39 is 12.1 Å². The number of benzene rings is 1. The zero-order valence-electron chi connectivity index (χ0n) is 19.6. The number of pyridine rings is 1. The van der Waals surface area contributed by atoms with Crippen LogP contribution in [0.4, 0.5) is 11.6 Å². The van der Waals surface area contributed by atoms with E-state index in [0.717, 1.165) is 27.9 Å². The number of carbonyl (C=O) groups excluding carboxylic acids is 1. The maximum absolute atomic E-state index is 13.3. The predicted molar refractivity (Wildman–Crippen MR) is 130 cm³/mol. The molecule has 178 valence electrons. The molecule has 3 heterocycles. The number of aliphatic hydroxyl groups is 1. The molecular formula is C25H30N6O3. The summed E-state index contributed by atoms with van der Waals surface area (Å²) in [6.07, 6.45) is 2.73. The molecule has 0 aliphatic carbocycles. The Kier molecular flexibility index (Phi) is 6.65. The maximum atomic E-state index is 13.3. The minimum Gasteiger partial charge on any atom is -0.394 e. The predicted octanol–water partition coefficient (Wildman–Crippen LogP) is 2.09. The molecule has 0 fully saturated rings. The topological polar surface area (TPSA) is 135 Å². The molecule has 0 radical (unpaired) electrons. The number of nitrogen functional groups attached to an aromatic ring is 1. The second-order valence-electron chi connectivity index (χ2n) is 8.83. The standard InChI is InChI=1S/C25H30N6O3/c1-14-8-15(2)10-18(9-14)20(13-32)30-23-25(34)31-19(12-27-23)5-6-21(31)24(33)28-11-17-4-7-22(26)29-16(17)3/h4,7-10,12,20-21,32H,5-6,11,13H2,1-3H3,(H2,26,29)(H,27,30)(H,28,33)/t20-,21+/m1/s1. The van der Waals surface area contributed by atoms with E-state index in [1.807, 2.05) is 45.0 Å². The third kappa shape index (κ3) is 4.79. The third-order valence-corrected chi connectivity index (χ3v) is 6.17. The van der Waals surface area contributed by atoms with Crippen LogP contribution in [0.15, 0.2) is 41.3 Å². The normalized spacial score (nSPS) is 15.6. The van der Waals surface area contributed by atoms with Crippen LogP contribution < -0.4 is 21.9 Å². The fourth-order valence-electron chi connectivity index (χ4n) is 4.50. The van der Waals surface area contributed by atoms with Crippen molar-refractivity contribution < 1.29 is 9.90 Å². The Bertz CT molecular complexity index is 1270. The average molecular weight is 463 g/mol. The number of anilines is 2. The second-order valence-corrected chi connectivity index (χ2v) is 8.83. The molecule has 0 bridgehead atoms. The highest BCUT2D eigenvalue weighted by Crippen LogP contribution is 2.25. The Morgan fingerprint density at radius 3 is 2.65 bits per heavy atom. The smallest absolute Gasteiger partial charge is 0.294 e. The highest BCUT2D eigenvalue weighted by Gasteiger charge is 2.31. The minimum atomic E-state index is -0.623. The van der Waals surface area contributed by atoms with Gasteiger partial charge in [-0.05, 0) is 50.8 Å². The highest BCUT2D eigenvalue weighted by molar-refractivity contribution is 5.81. The van der Waals surface area contributed by atoms with E-state index in [9.17, 15) is 14.7 Å². The molecule has 1 aromatic carbocycles. The summed E-state index contributed by atoms with van der Waals surface area (Å²) in [6.45, 7) is 5.90. The van der Waals surface area contributed by atoms with Gasteiger partial charge in [0.15, 0.2) is 5.82 Å². The lowest BCUT2D eigenvalue weighted by atomic mass is 10.0. The van der Waals surface area contributed by atoms with Gasteiger partial charge in [-0.1, -0.05) is 35.4 Å². The first-order chi connectivity index (χ1) is 16.3. The van der Waals surface area contributed by atoms with Gasteiger partial charge in [0.1, 0.15) is 11.9 Å². The highest BCUT2D eigenvalue weighted by atomic mass is 16.3. The summed E-state index contributed by atoms with van der Waals surface area (Å²) in [5.74, 6) is 0.306. The Morgan fingerprint density at radius 2 is 1.97 bits per heavy atom. The molecule has 0 spiro atoms. The number of amides is 1. The van der Waals surface area contributed by atoms with Crippen LogP contribution in [0.2, 0.25) is 0 Å². The molecule has 34 heavy (non-hydrogen) atoms. The lowest BCUT2D eigenvalue weighted by Crippen LogP contribution is -2.37. The Balaban J connectivity index is 1.54. The SMILES string of the molecule is Cc1cc(C)cc([C@@H](CO)Nc2ncc3n(c2=O)[C@H](C(=O)NCc2ccc(N)nc2C)CC3)c1. The van der Waals surface area contributed by atoms with Crippen LogP contribution in [0.5, 0.6) is 0 Å². The molecule has 2 atom stereocenters. The fraction of sp³-hybridized carbons (Fsp3) is 0.360. The van der Waals surface area contributed by atoms with Gasteiger partial charge < -0.3 is 21.5 Å². The summed E-state index contributed by atoms with van der Waals surface area (Å²) >= 11 is 0. The van der Waals surface area contributed by atoms with Gasteiger partial charge in [-0.25, -0.2) is 9.97 Å². The lowest BCUT2D eigenvalue weighted by Gasteiger charge is -2.20. The van der Waals surface area contributed by atoms with Gasteiger partial charge in [0.05, 0.1) is 12.6 Å². The first-order valence-electron chi connectivity index (χ1n) is 11.3. The summed E-state index contributed by atoms with van der Waals surface area (Å²) in [4.78, 5) is 34.8. The van der Waals surface area contributed by atoms with Crippen LogP contribution in [-0.2, 0) is 17.8 Å². The zero-order chi connectivity index (χ0) is 24.4. The molecule has 9 nitrogen and oxygen atoms in total. The molecule has 1 amide bonds. The summed E-state index contributed by atoms with van der Waals surface area (Å²) in [6, 6.07) is 8.40. The molecule has 5 N–H and O–H groups in total. The number of aryl methyl sites for hydroxylation is 4. The molecule has 1 aliphatic rings. The van der Waals surface area contributed by atoms with E-state index in [2.05, 4.69) is 20.6 Å². The Labute approximate surface area is 198 Å². The van der Waals surface area contributed by atoms with Gasteiger partial charge in [0.25, 0.3) is 5.56 Å². The minimum absolute atomic E-state index is 0.111. The summed E-state index contributed by atoms with van der Waals surface area (Å²) in [7, 11) is 0. The number of nitrogens with one attached hydrogen (secondary N) is 2. The van der Waals surface area contributed by atoms with E-state index >= 15 is 0 Å². The maximum Gasteiger partial charge on any atom is 0.294 e. The van der Waals surface area contributed by atoms with Crippen molar-refractivity contribution in [1.82, 2.24) is 19.9 Å². The molecule has 0 unspecified atom stereocenters. The largest absolute Gasteiger partial charge is 0.394 e. The molecule has 0 saturated carbocycles. The van der Waals surface area contributed by atoms with Crippen molar-refractivity contribution in [3.63, 3.8) is 0 Å².